The molecule has 22 heavy (non-hydrogen) atoms. The Labute approximate surface area is 132 Å². The van der Waals surface area contributed by atoms with Gasteiger partial charge in [-0.25, -0.2) is 4.79 Å². The fraction of sp³-hybridized carbons (Fsp3) is 0.588. The van der Waals surface area contributed by atoms with E-state index in [2.05, 4.69) is 34.7 Å². The van der Waals surface area contributed by atoms with Crippen molar-refractivity contribution in [2.45, 2.75) is 44.1 Å². The van der Waals surface area contributed by atoms with Crippen LogP contribution in [0, 0.1) is 0 Å². The van der Waals surface area contributed by atoms with Crippen LogP contribution in [0.4, 0.5) is 4.79 Å². The molecule has 120 valence electrons. The van der Waals surface area contributed by atoms with Crippen LogP contribution in [0.3, 0.4) is 0 Å². The van der Waals surface area contributed by atoms with Gasteiger partial charge in [0, 0.05) is 19.6 Å². The van der Waals surface area contributed by atoms with Crippen LogP contribution < -0.4 is 10.6 Å². The predicted octanol–water partition coefficient (Wildman–Crippen LogP) is 1.74. The number of carbonyl (C=O) groups is 1. The number of nitrogens with one attached hydrogen (secondary N) is 2. The van der Waals surface area contributed by atoms with Gasteiger partial charge in [-0.3, -0.25) is 0 Å². The maximum absolute atomic E-state index is 11.9. The molecule has 2 fully saturated rings. The molecule has 0 spiro atoms. The number of amides is 2. The lowest BCUT2D eigenvalue weighted by atomic mass is 9.96. The van der Waals surface area contributed by atoms with Gasteiger partial charge in [0.25, 0.3) is 0 Å². The first-order chi connectivity index (χ1) is 10.7. The minimum absolute atomic E-state index is 0.0748. The van der Waals surface area contributed by atoms with E-state index >= 15 is 0 Å². The van der Waals surface area contributed by atoms with Crippen molar-refractivity contribution in [3.8, 4) is 0 Å². The Balaban J connectivity index is 1.32. The van der Waals surface area contributed by atoms with Gasteiger partial charge >= 0.3 is 6.03 Å². The molecule has 2 amide bonds. The smallest absolute Gasteiger partial charge is 0.315 e. The Bertz CT molecular complexity index is 494. The van der Waals surface area contributed by atoms with Gasteiger partial charge in [0.15, 0.2) is 0 Å². The van der Waals surface area contributed by atoms with Crippen molar-refractivity contribution in [3.05, 3.63) is 35.9 Å². The van der Waals surface area contributed by atoms with Crippen molar-refractivity contribution in [1.82, 2.24) is 15.5 Å². The maximum Gasteiger partial charge on any atom is 0.315 e. The van der Waals surface area contributed by atoms with E-state index in [9.17, 15) is 4.79 Å². The molecule has 0 radical (unpaired) electrons. The second-order valence-electron chi connectivity index (χ2n) is 6.34. The molecule has 3 atom stereocenters. The zero-order chi connectivity index (χ0) is 15.4. The first-order valence-corrected chi connectivity index (χ1v) is 8.13. The van der Waals surface area contributed by atoms with Gasteiger partial charge in [0.05, 0.1) is 18.2 Å². The number of benzene rings is 1. The van der Waals surface area contributed by atoms with Crippen molar-refractivity contribution < 1.29 is 9.53 Å². The third kappa shape index (κ3) is 3.99. The van der Waals surface area contributed by atoms with Crippen LogP contribution >= 0.6 is 0 Å². The fourth-order valence-corrected chi connectivity index (χ4v) is 3.34. The quantitative estimate of drug-likeness (QED) is 0.841. The largest absolute Gasteiger partial charge is 0.373 e. The van der Waals surface area contributed by atoms with Crippen LogP contribution in [-0.4, -0.2) is 49.3 Å². The van der Waals surface area contributed by atoms with E-state index in [1.807, 2.05) is 18.2 Å². The highest BCUT2D eigenvalue weighted by molar-refractivity contribution is 5.74. The van der Waals surface area contributed by atoms with Crippen LogP contribution in [0.1, 0.15) is 24.8 Å². The minimum Gasteiger partial charge on any atom is -0.373 e. The lowest BCUT2D eigenvalue weighted by Crippen LogP contribution is -2.47. The molecular formula is C17H25N3O2. The molecule has 0 aliphatic carbocycles. The lowest BCUT2D eigenvalue weighted by molar-refractivity contribution is 0.0981. The second kappa shape index (κ2) is 7.11. The van der Waals surface area contributed by atoms with Gasteiger partial charge in [-0.15, -0.1) is 0 Å². The number of carbonyl (C=O) groups excluding carboxylic acids is 1. The highest BCUT2D eigenvalue weighted by Gasteiger charge is 2.41. The normalized spacial score (nSPS) is 26.4. The molecule has 0 saturated carbocycles. The van der Waals surface area contributed by atoms with E-state index in [0.717, 1.165) is 32.4 Å². The van der Waals surface area contributed by atoms with E-state index in [1.54, 1.807) is 0 Å². The zero-order valence-corrected chi connectivity index (χ0v) is 13.1. The molecule has 2 N–H and O–H groups in total. The summed E-state index contributed by atoms with van der Waals surface area (Å²) in [6.45, 7) is 2.37. The summed E-state index contributed by atoms with van der Waals surface area (Å²) in [6, 6.07) is 10.5. The van der Waals surface area contributed by atoms with Crippen LogP contribution in [0.15, 0.2) is 30.3 Å². The molecule has 5 nitrogen and oxygen atoms in total. The summed E-state index contributed by atoms with van der Waals surface area (Å²) < 4.78 is 5.74. The third-order valence-corrected chi connectivity index (χ3v) is 4.50. The number of hydrogen-bond acceptors (Lipinski definition) is 3. The van der Waals surface area contributed by atoms with Crippen molar-refractivity contribution in [3.63, 3.8) is 0 Å². The molecule has 3 rings (SSSR count). The third-order valence-electron chi connectivity index (χ3n) is 4.50. The number of rotatable bonds is 6. The number of likely N-dealkylation sites (N-methyl/N-ethyl adjacent to an activating group) is 1. The van der Waals surface area contributed by atoms with Gasteiger partial charge in [-0.2, -0.15) is 0 Å². The van der Waals surface area contributed by atoms with Gasteiger partial charge < -0.3 is 20.3 Å². The van der Waals surface area contributed by atoms with Crippen molar-refractivity contribution in [2.24, 2.45) is 0 Å². The van der Waals surface area contributed by atoms with E-state index in [1.165, 1.54) is 5.56 Å². The van der Waals surface area contributed by atoms with Crippen molar-refractivity contribution in [2.75, 3.05) is 20.1 Å². The molecular weight excluding hydrogens is 278 g/mol. The molecule has 2 bridgehead atoms. The fourth-order valence-electron chi connectivity index (χ4n) is 3.34. The SMILES string of the molecule is CN(CCNC(=O)NC1CC2CCC1O2)Cc1ccccc1. The topological polar surface area (TPSA) is 53.6 Å². The minimum atomic E-state index is -0.0748. The number of urea groups is 1. The van der Waals surface area contributed by atoms with E-state index in [0.29, 0.717) is 12.6 Å². The highest BCUT2D eigenvalue weighted by atomic mass is 16.5. The number of ether oxygens (including phenoxy) is 1. The first-order valence-electron chi connectivity index (χ1n) is 8.13. The Morgan fingerprint density at radius 1 is 1.32 bits per heavy atom. The standard InChI is InChI=1S/C17H25N3O2/c1-20(12-13-5-3-2-4-6-13)10-9-18-17(21)19-15-11-14-7-8-16(15)22-14/h2-6,14-16H,7-12H2,1H3,(H2,18,19,21). The molecule has 2 saturated heterocycles. The van der Waals surface area contributed by atoms with Crippen molar-refractivity contribution in [1.29, 1.82) is 0 Å². The van der Waals surface area contributed by atoms with Crippen LogP contribution in [0.25, 0.3) is 0 Å². The first kappa shape index (κ1) is 15.3. The number of fused-ring (bicyclic) bond motifs is 2. The van der Waals surface area contributed by atoms with Crippen LogP contribution in [-0.2, 0) is 11.3 Å². The summed E-state index contributed by atoms with van der Waals surface area (Å²) >= 11 is 0. The Morgan fingerprint density at radius 3 is 2.82 bits per heavy atom. The average Bonchev–Trinajstić information content (AvgIpc) is 3.11. The average molecular weight is 303 g/mol. The molecule has 2 aliphatic rings. The van der Waals surface area contributed by atoms with Gasteiger partial charge in [-0.05, 0) is 31.9 Å². The monoisotopic (exact) mass is 303 g/mol. The highest BCUT2D eigenvalue weighted by Crippen LogP contribution is 2.34. The Hall–Kier alpha value is -1.59. The summed E-state index contributed by atoms with van der Waals surface area (Å²) in [5.41, 5.74) is 1.29. The Morgan fingerprint density at radius 2 is 2.14 bits per heavy atom. The summed E-state index contributed by atoms with van der Waals surface area (Å²) in [6.07, 6.45) is 3.79. The van der Waals surface area contributed by atoms with Gasteiger partial charge in [0.1, 0.15) is 0 Å². The van der Waals surface area contributed by atoms with Crippen molar-refractivity contribution >= 4 is 6.03 Å². The molecule has 3 unspecified atom stereocenters. The molecule has 0 aromatic heterocycles. The molecule has 5 heteroatoms. The van der Waals surface area contributed by atoms with E-state index < -0.39 is 0 Å². The maximum atomic E-state index is 11.9. The summed E-state index contributed by atoms with van der Waals surface area (Å²) in [5.74, 6) is 0. The van der Waals surface area contributed by atoms with Crippen LogP contribution in [0.5, 0.6) is 0 Å². The van der Waals surface area contributed by atoms with Gasteiger partial charge in [-0.1, -0.05) is 30.3 Å². The summed E-state index contributed by atoms with van der Waals surface area (Å²) in [7, 11) is 2.07. The Kier molecular flexibility index (Phi) is 4.95. The number of nitrogens with zero attached hydrogens (tertiary/aromatic N) is 1. The van der Waals surface area contributed by atoms with Crippen LogP contribution in [0.2, 0.25) is 0 Å². The molecule has 1 aromatic carbocycles. The zero-order valence-electron chi connectivity index (χ0n) is 13.1. The molecule has 2 heterocycles. The predicted molar refractivity (Wildman–Crippen MR) is 85.6 cm³/mol. The summed E-state index contributed by atoms with van der Waals surface area (Å²) in [4.78, 5) is 14.1. The van der Waals surface area contributed by atoms with E-state index in [-0.39, 0.29) is 18.2 Å². The number of hydrogen-bond donors (Lipinski definition) is 2. The molecule has 2 aliphatic heterocycles. The van der Waals surface area contributed by atoms with E-state index in [4.69, 9.17) is 4.74 Å². The summed E-state index contributed by atoms with van der Waals surface area (Å²) in [5, 5.41) is 5.98. The second-order valence-corrected chi connectivity index (χ2v) is 6.34. The van der Waals surface area contributed by atoms with Gasteiger partial charge in [0.2, 0.25) is 0 Å². The lowest BCUT2D eigenvalue weighted by Gasteiger charge is -2.21. The molecule has 1 aromatic rings.